The first kappa shape index (κ1) is 73.9. The number of rotatable bonds is 16. The van der Waals surface area contributed by atoms with Crippen LogP contribution in [0.5, 0.6) is 6.01 Å². The van der Waals surface area contributed by atoms with Crippen molar-refractivity contribution in [2.75, 3.05) is 76.7 Å². The summed E-state index contributed by atoms with van der Waals surface area (Å²) < 4.78 is 69.0. The van der Waals surface area contributed by atoms with Crippen LogP contribution >= 0.6 is 22.9 Å². The molecule has 88 heavy (non-hydrogen) atoms. The van der Waals surface area contributed by atoms with Gasteiger partial charge in [0.1, 0.15) is 39.9 Å². The number of amides is 3. The number of nitriles is 1. The maximum Gasteiger partial charge on any atom is 0.318 e. The zero-order chi connectivity index (χ0) is 65.0. The highest BCUT2D eigenvalue weighted by atomic mass is 35.5. The molecule has 10 rings (SSSR count). The van der Waals surface area contributed by atoms with E-state index < -0.39 is 23.3 Å². The number of fused-ring (bicyclic) bond motifs is 4. The van der Waals surface area contributed by atoms with Gasteiger partial charge in [0.05, 0.1) is 47.2 Å². The Hall–Kier alpha value is -6.57. The molecule has 0 saturated carbocycles. The number of nitrogens with zero attached hydrogens (tertiary/aromatic N) is 6. The maximum absolute atomic E-state index is 16.3. The van der Waals surface area contributed by atoms with Crippen molar-refractivity contribution in [3.63, 3.8) is 0 Å². The number of carbonyl (C=O) groups is 3. The number of methoxy groups -OCH3 is 1. The summed E-state index contributed by atoms with van der Waals surface area (Å²) in [6.45, 7) is 29.3. The molecule has 2 bridgehead atoms. The van der Waals surface area contributed by atoms with E-state index in [0.717, 1.165) is 80.9 Å². The minimum atomic E-state index is -0.700. The van der Waals surface area contributed by atoms with E-state index in [2.05, 4.69) is 77.2 Å². The third kappa shape index (κ3) is 20.8. The van der Waals surface area contributed by atoms with Gasteiger partial charge in [0.15, 0.2) is 5.82 Å². The van der Waals surface area contributed by atoms with Crippen LogP contribution in [-0.2, 0) is 19.1 Å². The van der Waals surface area contributed by atoms with Gasteiger partial charge in [0.2, 0.25) is 25.1 Å². The van der Waals surface area contributed by atoms with E-state index in [0.29, 0.717) is 61.7 Å². The predicted octanol–water partition coefficient (Wildman–Crippen LogP) is 14.2. The highest BCUT2D eigenvalue weighted by Crippen LogP contribution is 2.46. The molecule has 6 heterocycles. The summed E-state index contributed by atoms with van der Waals surface area (Å²) in [5.41, 5.74) is 7.69. The number of benzene rings is 4. The van der Waals surface area contributed by atoms with Crippen LogP contribution in [-0.4, -0.2) is 123 Å². The second-order valence-electron chi connectivity index (χ2n) is 22.1. The van der Waals surface area contributed by atoms with Gasteiger partial charge in [-0.05, 0) is 112 Å². The highest BCUT2D eigenvalue weighted by Gasteiger charge is 2.37. The summed E-state index contributed by atoms with van der Waals surface area (Å²) in [4.78, 5) is 49.3. The van der Waals surface area contributed by atoms with E-state index in [4.69, 9.17) is 26.8 Å². The SMILES string of the molecule is CC.CC.CC(C)C.CC(NC=O)c1ccc(-c2c(F)cccc2F)cc1.CC1CCCN1C(=O)CNC(=O)CCOCCCN1CCCC1.CCC.COc1nc(N2CB3CCC(C2)N3)c2cc(Cl)c(-c3ccc(F)c4sc(N)c(C#N)c34)c(F)c2n1. The highest BCUT2D eigenvalue weighted by molar-refractivity contribution is 7.23. The number of thiophene rings is 1. The van der Waals surface area contributed by atoms with Crippen LogP contribution < -0.4 is 31.2 Å². The average Bonchev–Trinajstić information content (AvgIpc) is 1.29. The summed E-state index contributed by atoms with van der Waals surface area (Å²) in [7, 11) is 1.43. The summed E-state index contributed by atoms with van der Waals surface area (Å²) in [6.07, 6.45) is 10.8. The van der Waals surface area contributed by atoms with Gasteiger partial charge in [-0.3, -0.25) is 14.4 Å². The van der Waals surface area contributed by atoms with Gasteiger partial charge in [-0.2, -0.15) is 15.2 Å². The van der Waals surface area contributed by atoms with Crippen LogP contribution in [0, 0.1) is 40.5 Å². The molecule has 5 N–H and O–H groups in total. The van der Waals surface area contributed by atoms with Gasteiger partial charge in [-0.1, -0.05) is 123 Å². The molecule has 15 nitrogen and oxygen atoms in total. The number of nitrogen functional groups attached to an aromatic ring is 1. The summed E-state index contributed by atoms with van der Waals surface area (Å²) in [5, 5.41) is 19.5. The van der Waals surface area contributed by atoms with Crippen molar-refractivity contribution in [2.24, 2.45) is 5.92 Å². The van der Waals surface area contributed by atoms with Crippen LogP contribution in [0.15, 0.2) is 60.7 Å². The monoisotopic (exact) mass is 1260 g/mol. The Morgan fingerprint density at radius 3 is 2.18 bits per heavy atom. The Balaban J connectivity index is 0.000000272. The molecule has 4 aliphatic rings. The second-order valence-corrected chi connectivity index (χ2v) is 23.5. The van der Waals surface area contributed by atoms with Crippen molar-refractivity contribution < 1.29 is 41.4 Å². The first-order chi connectivity index (χ1) is 42.3. The zero-order valence-corrected chi connectivity index (χ0v) is 55.1. The molecule has 22 heteroatoms. The van der Waals surface area contributed by atoms with Gasteiger partial charge in [0.25, 0.3) is 0 Å². The van der Waals surface area contributed by atoms with Crippen molar-refractivity contribution in [1.29, 1.82) is 5.26 Å². The maximum atomic E-state index is 16.3. The molecule has 4 fully saturated rings. The molecule has 4 aliphatic heterocycles. The van der Waals surface area contributed by atoms with Gasteiger partial charge in [-0.25, -0.2) is 17.6 Å². The van der Waals surface area contributed by atoms with Crippen LogP contribution in [0.25, 0.3) is 43.2 Å². The summed E-state index contributed by atoms with van der Waals surface area (Å²) >= 11 is 7.62. The number of nitrogens with two attached hydrogens (primary N) is 1. The Morgan fingerprint density at radius 2 is 1.59 bits per heavy atom. The molecule has 4 aromatic carbocycles. The number of nitrogens with one attached hydrogen (secondary N) is 3. The Labute approximate surface area is 528 Å². The first-order valence-corrected chi connectivity index (χ1v) is 32.3. The standard InChI is InChI=1S/C23H18BClF2N6OS.C17H31N3O3.C15H13F2NO.C4H10.C3H8.2C2H6/c1-34-23-30-19-12(22(31-23)33-8-10-4-5-24(9-33)32-10)6-14(25)17(18(19)27)11-2-3-15(26)20-16(11)13(7-28)21(29)35-20;1-15-6-4-11-20(15)17(22)14-18-16(21)7-13-23-12-5-10-19-8-2-3-9-19;1-10(18-9-19)11-5-7-12(8-6-11)15-13(16)3-2-4-14(15)17;1-4(2)3;1-3-2;2*1-2/h2-3,6,10,32H,4-5,8-9,29H2,1H3;15H,2-14H2,1H3,(H,18,21);2-10H,1H3,(H,18,19);4H,1-3H3;3H2,1-2H3;2*1-2H3. The molecule has 6 aromatic rings. The van der Waals surface area contributed by atoms with Crippen molar-refractivity contribution in [3.8, 4) is 34.3 Å². The molecule has 0 spiro atoms. The van der Waals surface area contributed by atoms with E-state index in [1.807, 2.05) is 45.6 Å². The van der Waals surface area contributed by atoms with Gasteiger partial charge in [-0.15, -0.1) is 11.3 Å². The molecule has 3 unspecified atom stereocenters. The van der Waals surface area contributed by atoms with E-state index >= 15 is 4.39 Å². The lowest BCUT2D eigenvalue weighted by atomic mass is 9.61. The summed E-state index contributed by atoms with van der Waals surface area (Å²) in [6, 6.07) is 17.3. The largest absolute Gasteiger partial charge is 0.467 e. The fraction of sp³-hybridized carbons (Fsp3) is 0.515. The average molecular weight is 1260 g/mol. The number of aromatic nitrogens is 2. The molecule has 480 valence electrons. The van der Waals surface area contributed by atoms with E-state index in [-0.39, 0.29) is 78.3 Å². The number of hydrogen-bond acceptors (Lipinski definition) is 13. The predicted molar refractivity (Wildman–Crippen MR) is 353 cm³/mol. The number of hydrogen-bond donors (Lipinski definition) is 4. The fourth-order valence-corrected chi connectivity index (χ4v) is 11.7. The number of likely N-dealkylation sites (tertiary alicyclic amines) is 2. The molecule has 3 amide bonds. The zero-order valence-electron chi connectivity index (χ0n) is 53.6. The number of halogens is 5. The Bertz CT molecular complexity index is 3170. The lowest BCUT2D eigenvalue weighted by Crippen LogP contribution is -2.54. The van der Waals surface area contributed by atoms with Crippen molar-refractivity contribution in [1.82, 2.24) is 35.6 Å². The number of ether oxygens (including phenoxy) is 2. The molecule has 4 saturated heterocycles. The van der Waals surface area contributed by atoms with Crippen molar-refractivity contribution >= 4 is 79.8 Å². The normalized spacial score (nSPS) is 15.9. The minimum Gasteiger partial charge on any atom is -0.467 e. The Morgan fingerprint density at radius 1 is 0.932 bits per heavy atom. The fourth-order valence-electron chi connectivity index (χ4n) is 10.5. The van der Waals surface area contributed by atoms with Crippen LogP contribution in [0.4, 0.5) is 28.4 Å². The minimum absolute atomic E-state index is 0.0190. The molecule has 2 aromatic heterocycles. The van der Waals surface area contributed by atoms with Crippen molar-refractivity contribution in [3.05, 3.63) is 100 Å². The lowest BCUT2D eigenvalue weighted by molar-refractivity contribution is -0.133. The quantitative estimate of drug-likeness (QED) is 0.0311. The molecule has 3 atom stereocenters. The van der Waals surface area contributed by atoms with E-state index in [1.54, 1.807) is 30.3 Å². The third-order valence-corrected chi connectivity index (χ3v) is 15.8. The van der Waals surface area contributed by atoms with E-state index in [9.17, 15) is 32.8 Å². The van der Waals surface area contributed by atoms with Gasteiger partial charge in [0, 0.05) is 67.5 Å². The smallest absolute Gasteiger partial charge is 0.318 e. The van der Waals surface area contributed by atoms with Crippen LogP contribution in [0.2, 0.25) is 11.3 Å². The van der Waals surface area contributed by atoms with Gasteiger partial charge >= 0.3 is 6.01 Å². The van der Waals surface area contributed by atoms with Crippen LogP contribution in [0.1, 0.15) is 145 Å². The van der Waals surface area contributed by atoms with Crippen molar-refractivity contribution in [2.45, 2.75) is 152 Å². The Kier molecular flexibility index (Phi) is 32.0. The van der Waals surface area contributed by atoms with Crippen LogP contribution in [0.3, 0.4) is 0 Å². The molecular weight excluding hydrogens is 1170 g/mol. The topological polar surface area (TPSA) is 191 Å². The first-order valence-electron chi connectivity index (χ1n) is 31.1. The molecular formula is C66H92BClF4N10O5S. The molecule has 0 radical (unpaired) electrons. The van der Waals surface area contributed by atoms with Gasteiger partial charge < -0.3 is 45.8 Å². The van der Waals surface area contributed by atoms with E-state index in [1.165, 1.54) is 69.8 Å². The lowest BCUT2D eigenvalue weighted by Gasteiger charge is -2.33. The molecule has 0 aliphatic carbocycles. The number of anilines is 2. The third-order valence-electron chi connectivity index (χ3n) is 14.5. The summed E-state index contributed by atoms with van der Waals surface area (Å²) in [5.74, 6) is -1.12. The number of carbonyl (C=O) groups excluding carboxylic acids is 3. The second kappa shape index (κ2) is 38.1.